The highest BCUT2D eigenvalue weighted by Gasteiger charge is 2.19. The molecule has 0 aliphatic carbocycles. The fraction of sp³-hybridized carbons (Fsp3) is 0.182. The number of halogens is 1. The number of hydrogen-bond donors (Lipinski definition) is 2. The normalized spacial score (nSPS) is 10.1. The van der Waals surface area contributed by atoms with E-state index in [0.717, 1.165) is 0 Å². The molecule has 2 aromatic carbocycles. The number of nitrogens with zero attached hydrogens (tertiary/aromatic N) is 1. The second-order valence-corrected chi connectivity index (χ2v) is 6.23. The maximum Gasteiger partial charge on any atom is 0.341 e. The molecule has 31 heavy (non-hydrogen) atoms. The molecule has 162 valence electrons. The molecular weight excluding hydrogens is 424 g/mol. The smallest absolute Gasteiger partial charge is 0.341 e. The fourth-order valence-electron chi connectivity index (χ4n) is 2.91. The Morgan fingerprint density at radius 1 is 0.968 bits per heavy atom. The lowest BCUT2D eigenvalue weighted by Gasteiger charge is -2.15. The van der Waals surface area contributed by atoms with Crippen LogP contribution in [-0.2, 0) is 9.47 Å². The van der Waals surface area contributed by atoms with E-state index in [1.54, 1.807) is 44.2 Å². The quantitative estimate of drug-likeness (QED) is 0.513. The van der Waals surface area contributed by atoms with E-state index < -0.39 is 17.9 Å². The van der Waals surface area contributed by atoms with Crippen LogP contribution in [0.1, 0.15) is 44.9 Å². The molecule has 0 aliphatic heterocycles. The summed E-state index contributed by atoms with van der Waals surface area (Å²) in [5, 5.41) is 12.8. The van der Waals surface area contributed by atoms with Crippen LogP contribution in [0.3, 0.4) is 0 Å². The summed E-state index contributed by atoms with van der Waals surface area (Å²) in [7, 11) is 0. The van der Waals surface area contributed by atoms with Crippen LogP contribution in [0, 0.1) is 0 Å². The molecule has 0 saturated carbocycles. The molecule has 8 nitrogen and oxygen atoms in total. The standard InChI is InChI=1S/C22H20N2O6.ClH/c1-3-29-21(27)14-8-9-18-16(11-14)19(17(12-23-18)22(28)30-4-2)24-15-7-5-6-13(10-15)20(25)26;/h5-12H,3-4H2,1-2H3,(H,23,24)(H,25,26);1H. The summed E-state index contributed by atoms with van der Waals surface area (Å²) in [4.78, 5) is 40.3. The van der Waals surface area contributed by atoms with Crippen LogP contribution >= 0.6 is 12.4 Å². The van der Waals surface area contributed by atoms with Gasteiger partial charge in [-0.1, -0.05) is 6.07 Å². The van der Waals surface area contributed by atoms with Gasteiger partial charge in [-0.15, -0.1) is 12.4 Å². The summed E-state index contributed by atoms with van der Waals surface area (Å²) in [6.07, 6.45) is 1.38. The molecule has 0 unspecified atom stereocenters. The average Bonchev–Trinajstić information content (AvgIpc) is 2.74. The predicted octanol–water partition coefficient (Wildman–Crippen LogP) is 4.45. The number of pyridine rings is 1. The van der Waals surface area contributed by atoms with Gasteiger partial charge in [-0.3, -0.25) is 4.98 Å². The summed E-state index contributed by atoms with van der Waals surface area (Å²) in [6.45, 7) is 3.80. The average molecular weight is 445 g/mol. The fourth-order valence-corrected chi connectivity index (χ4v) is 2.91. The number of carbonyl (C=O) groups excluding carboxylic acids is 2. The molecule has 0 radical (unpaired) electrons. The molecule has 9 heteroatoms. The number of aromatic nitrogens is 1. The maximum absolute atomic E-state index is 12.5. The Morgan fingerprint density at radius 3 is 2.35 bits per heavy atom. The second kappa shape index (κ2) is 10.4. The first-order chi connectivity index (χ1) is 14.4. The number of aromatic carboxylic acids is 1. The van der Waals surface area contributed by atoms with Gasteiger partial charge in [0.15, 0.2) is 0 Å². The van der Waals surface area contributed by atoms with E-state index >= 15 is 0 Å². The van der Waals surface area contributed by atoms with Crippen LogP contribution in [0.15, 0.2) is 48.7 Å². The van der Waals surface area contributed by atoms with Gasteiger partial charge in [-0.25, -0.2) is 14.4 Å². The molecule has 0 spiro atoms. The summed E-state index contributed by atoms with van der Waals surface area (Å²) >= 11 is 0. The van der Waals surface area contributed by atoms with Gasteiger partial charge < -0.3 is 19.9 Å². The van der Waals surface area contributed by atoms with Crippen molar-refractivity contribution in [2.75, 3.05) is 18.5 Å². The van der Waals surface area contributed by atoms with E-state index in [0.29, 0.717) is 27.8 Å². The van der Waals surface area contributed by atoms with E-state index in [9.17, 15) is 19.5 Å². The van der Waals surface area contributed by atoms with Crippen molar-refractivity contribution in [1.29, 1.82) is 0 Å². The van der Waals surface area contributed by atoms with Crippen molar-refractivity contribution in [1.82, 2.24) is 4.98 Å². The number of anilines is 2. The predicted molar refractivity (Wildman–Crippen MR) is 118 cm³/mol. The van der Waals surface area contributed by atoms with Gasteiger partial charge in [0.2, 0.25) is 0 Å². The Kier molecular flexibility index (Phi) is 7.93. The molecule has 3 rings (SSSR count). The van der Waals surface area contributed by atoms with Gasteiger partial charge in [-0.05, 0) is 50.2 Å². The minimum Gasteiger partial charge on any atom is -0.478 e. The van der Waals surface area contributed by atoms with E-state index in [2.05, 4.69) is 10.3 Å². The number of nitrogens with one attached hydrogen (secondary N) is 1. The van der Waals surface area contributed by atoms with Gasteiger partial charge in [0.25, 0.3) is 0 Å². The zero-order chi connectivity index (χ0) is 21.7. The van der Waals surface area contributed by atoms with Crippen LogP contribution in [0.4, 0.5) is 11.4 Å². The highest BCUT2D eigenvalue weighted by atomic mass is 35.5. The van der Waals surface area contributed by atoms with Gasteiger partial charge in [0.1, 0.15) is 5.56 Å². The molecule has 1 heterocycles. The molecule has 0 aliphatic rings. The van der Waals surface area contributed by atoms with Crippen LogP contribution < -0.4 is 5.32 Å². The third kappa shape index (κ3) is 5.29. The number of carboxylic acids is 1. The van der Waals surface area contributed by atoms with Crippen molar-refractivity contribution >= 4 is 52.6 Å². The van der Waals surface area contributed by atoms with E-state index in [4.69, 9.17) is 9.47 Å². The Balaban J connectivity index is 0.00000341. The van der Waals surface area contributed by atoms with Crippen molar-refractivity contribution in [2.24, 2.45) is 0 Å². The molecule has 0 bridgehead atoms. The third-order valence-corrected chi connectivity index (χ3v) is 4.25. The number of carboxylic acid groups (broad SMARTS) is 1. The lowest BCUT2D eigenvalue weighted by atomic mass is 10.1. The summed E-state index contributed by atoms with van der Waals surface area (Å²) in [6, 6.07) is 11.0. The summed E-state index contributed by atoms with van der Waals surface area (Å²) < 4.78 is 10.2. The summed E-state index contributed by atoms with van der Waals surface area (Å²) in [5.41, 5.74) is 1.89. The lowest BCUT2D eigenvalue weighted by molar-refractivity contribution is 0.0518. The minimum atomic E-state index is -1.08. The third-order valence-electron chi connectivity index (χ3n) is 4.25. The number of hydrogen-bond acceptors (Lipinski definition) is 7. The van der Waals surface area contributed by atoms with E-state index in [1.807, 2.05) is 0 Å². The highest BCUT2D eigenvalue weighted by molar-refractivity contribution is 6.08. The Labute approximate surface area is 184 Å². The first kappa shape index (κ1) is 23.6. The monoisotopic (exact) mass is 444 g/mol. The van der Waals surface area contributed by atoms with Crippen molar-refractivity contribution < 1.29 is 29.0 Å². The molecule has 0 saturated heterocycles. The first-order valence-electron chi connectivity index (χ1n) is 9.32. The SMILES string of the molecule is CCOC(=O)c1ccc2ncc(C(=O)OCC)c(Nc3cccc(C(=O)O)c3)c2c1.Cl. The van der Waals surface area contributed by atoms with Crippen LogP contribution in [0.2, 0.25) is 0 Å². The zero-order valence-corrected chi connectivity index (χ0v) is 17.7. The molecule has 0 amide bonds. The Bertz CT molecular complexity index is 1130. The molecular formula is C22H21ClN2O6. The van der Waals surface area contributed by atoms with Gasteiger partial charge >= 0.3 is 17.9 Å². The second-order valence-electron chi connectivity index (χ2n) is 6.23. The number of fused-ring (bicyclic) bond motifs is 1. The Morgan fingerprint density at radius 2 is 1.68 bits per heavy atom. The van der Waals surface area contributed by atoms with Crippen LogP contribution in [0.25, 0.3) is 10.9 Å². The summed E-state index contributed by atoms with van der Waals surface area (Å²) in [5.74, 6) is -2.17. The number of carbonyl (C=O) groups is 3. The maximum atomic E-state index is 12.5. The molecule has 1 aromatic heterocycles. The van der Waals surface area contributed by atoms with Crippen molar-refractivity contribution in [3.8, 4) is 0 Å². The zero-order valence-electron chi connectivity index (χ0n) is 16.9. The van der Waals surface area contributed by atoms with Crippen LogP contribution in [-0.4, -0.2) is 41.2 Å². The van der Waals surface area contributed by atoms with Crippen LogP contribution in [0.5, 0.6) is 0 Å². The van der Waals surface area contributed by atoms with Gasteiger partial charge in [0, 0.05) is 17.3 Å². The minimum absolute atomic E-state index is 0. The molecule has 3 aromatic rings. The number of ether oxygens (including phenoxy) is 2. The lowest BCUT2D eigenvalue weighted by Crippen LogP contribution is -2.10. The number of rotatable bonds is 7. The van der Waals surface area contributed by atoms with Crippen molar-refractivity contribution in [2.45, 2.75) is 13.8 Å². The van der Waals surface area contributed by atoms with Crippen molar-refractivity contribution in [3.05, 3.63) is 65.4 Å². The van der Waals surface area contributed by atoms with E-state index in [1.165, 1.54) is 18.3 Å². The topological polar surface area (TPSA) is 115 Å². The number of benzene rings is 2. The molecule has 0 atom stereocenters. The molecule has 0 fully saturated rings. The van der Waals surface area contributed by atoms with Gasteiger partial charge in [-0.2, -0.15) is 0 Å². The largest absolute Gasteiger partial charge is 0.478 e. The van der Waals surface area contributed by atoms with E-state index in [-0.39, 0.29) is 36.7 Å². The Hall–Kier alpha value is -3.65. The van der Waals surface area contributed by atoms with Gasteiger partial charge in [0.05, 0.1) is 35.5 Å². The molecule has 2 N–H and O–H groups in total. The first-order valence-corrected chi connectivity index (χ1v) is 9.32. The highest BCUT2D eigenvalue weighted by Crippen LogP contribution is 2.31. The van der Waals surface area contributed by atoms with Crippen molar-refractivity contribution in [3.63, 3.8) is 0 Å². The number of esters is 2.